The molecule has 0 aliphatic heterocycles. The maximum atomic E-state index is 8.93. The molecule has 4 aromatic rings. The highest BCUT2D eigenvalue weighted by Crippen LogP contribution is 2.26. The van der Waals surface area contributed by atoms with E-state index in [1.54, 1.807) is 6.33 Å². The van der Waals surface area contributed by atoms with Crippen molar-refractivity contribution in [2.24, 2.45) is 0 Å². The van der Waals surface area contributed by atoms with Crippen LogP contribution in [0.5, 0.6) is 5.75 Å². The molecule has 0 aliphatic rings. The Bertz CT molecular complexity index is 1110. The summed E-state index contributed by atoms with van der Waals surface area (Å²) >= 11 is 0. The first-order valence-corrected chi connectivity index (χ1v) is 8.60. The molecule has 5 nitrogen and oxygen atoms in total. The molecule has 1 aromatic heterocycles. The Morgan fingerprint density at radius 3 is 2.41 bits per heavy atom. The van der Waals surface area contributed by atoms with Gasteiger partial charge in [0.05, 0.1) is 29.3 Å². The van der Waals surface area contributed by atoms with Gasteiger partial charge in [-0.1, -0.05) is 18.2 Å². The first-order chi connectivity index (χ1) is 13.3. The van der Waals surface area contributed by atoms with Crippen molar-refractivity contribution in [2.75, 3.05) is 13.2 Å². The Morgan fingerprint density at radius 1 is 0.963 bits per heavy atom. The van der Waals surface area contributed by atoms with Gasteiger partial charge in [-0.3, -0.25) is 4.57 Å². The highest BCUT2D eigenvalue weighted by molar-refractivity contribution is 5.83. The second-order valence-electron chi connectivity index (χ2n) is 6.07. The third kappa shape index (κ3) is 3.39. The maximum absolute atomic E-state index is 8.93. The van der Waals surface area contributed by atoms with E-state index in [4.69, 9.17) is 15.1 Å². The van der Waals surface area contributed by atoms with Gasteiger partial charge in [-0.05, 0) is 59.7 Å². The van der Waals surface area contributed by atoms with Crippen molar-refractivity contribution in [1.29, 1.82) is 5.26 Å². The molecule has 3 aromatic carbocycles. The number of aliphatic hydroxyl groups excluding tert-OH is 1. The Morgan fingerprint density at radius 2 is 1.70 bits per heavy atom. The number of imidazole rings is 1. The summed E-state index contributed by atoms with van der Waals surface area (Å²) in [6.45, 7) is 0.279. The van der Waals surface area contributed by atoms with E-state index in [1.807, 2.05) is 65.2 Å². The number of rotatable bonds is 5. The number of fused-ring (bicyclic) bond motifs is 1. The number of nitriles is 1. The summed E-state index contributed by atoms with van der Waals surface area (Å²) in [5, 5.41) is 17.8. The van der Waals surface area contributed by atoms with Crippen LogP contribution in [0.3, 0.4) is 0 Å². The second kappa shape index (κ2) is 7.32. The summed E-state index contributed by atoms with van der Waals surface area (Å²) in [5.41, 5.74) is 5.66. The Labute approximate surface area is 156 Å². The molecule has 0 aliphatic carbocycles. The lowest BCUT2D eigenvalue weighted by Gasteiger charge is -2.08. The summed E-state index contributed by atoms with van der Waals surface area (Å²) in [4.78, 5) is 4.53. The van der Waals surface area contributed by atoms with Crippen LogP contribution in [0.15, 0.2) is 73.1 Å². The van der Waals surface area contributed by atoms with Gasteiger partial charge in [0.1, 0.15) is 18.7 Å². The number of hydrogen-bond acceptors (Lipinski definition) is 4. The van der Waals surface area contributed by atoms with Gasteiger partial charge in [0, 0.05) is 5.69 Å². The van der Waals surface area contributed by atoms with E-state index < -0.39 is 0 Å². The molecule has 0 saturated carbocycles. The van der Waals surface area contributed by atoms with E-state index >= 15 is 0 Å². The van der Waals surface area contributed by atoms with Gasteiger partial charge in [0.15, 0.2) is 0 Å². The van der Waals surface area contributed by atoms with Crippen molar-refractivity contribution in [3.8, 4) is 28.6 Å². The summed E-state index contributed by atoms with van der Waals surface area (Å²) in [6, 6.07) is 23.5. The zero-order valence-electron chi connectivity index (χ0n) is 14.5. The van der Waals surface area contributed by atoms with Crippen molar-refractivity contribution >= 4 is 11.0 Å². The van der Waals surface area contributed by atoms with E-state index in [0.717, 1.165) is 33.6 Å². The van der Waals surface area contributed by atoms with Gasteiger partial charge in [-0.25, -0.2) is 4.98 Å². The number of nitrogens with zero attached hydrogens (tertiary/aromatic N) is 3. The van der Waals surface area contributed by atoms with Crippen LogP contribution in [0.4, 0.5) is 0 Å². The molecule has 0 amide bonds. The zero-order valence-corrected chi connectivity index (χ0v) is 14.5. The molecule has 0 fully saturated rings. The van der Waals surface area contributed by atoms with E-state index in [1.165, 1.54) is 0 Å². The first-order valence-electron chi connectivity index (χ1n) is 8.60. The third-order valence-electron chi connectivity index (χ3n) is 4.37. The lowest BCUT2D eigenvalue weighted by molar-refractivity contribution is 0.201. The monoisotopic (exact) mass is 355 g/mol. The van der Waals surface area contributed by atoms with Gasteiger partial charge in [-0.15, -0.1) is 0 Å². The van der Waals surface area contributed by atoms with Crippen molar-refractivity contribution in [3.05, 3.63) is 78.6 Å². The Hall–Kier alpha value is -3.62. The van der Waals surface area contributed by atoms with Crippen molar-refractivity contribution in [1.82, 2.24) is 9.55 Å². The molecule has 5 heteroatoms. The molecule has 0 unspecified atom stereocenters. The molecule has 0 bridgehead atoms. The van der Waals surface area contributed by atoms with Gasteiger partial charge >= 0.3 is 0 Å². The smallest absolute Gasteiger partial charge is 0.119 e. The Balaban J connectivity index is 1.65. The van der Waals surface area contributed by atoms with Crippen LogP contribution < -0.4 is 4.74 Å². The predicted octanol–water partition coefficient (Wildman–Crippen LogP) is 3.94. The average Bonchev–Trinajstić information content (AvgIpc) is 3.16. The first kappa shape index (κ1) is 16.8. The maximum Gasteiger partial charge on any atom is 0.119 e. The molecular formula is C22H17N3O2. The van der Waals surface area contributed by atoms with Crippen LogP contribution in [0, 0.1) is 11.3 Å². The highest BCUT2D eigenvalue weighted by Gasteiger charge is 2.07. The normalized spacial score (nSPS) is 10.7. The minimum atomic E-state index is -0.00448. The minimum Gasteiger partial charge on any atom is -0.491 e. The van der Waals surface area contributed by atoms with E-state index in [2.05, 4.69) is 17.1 Å². The number of hydrogen-bond donors (Lipinski definition) is 1. The summed E-state index contributed by atoms with van der Waals surface area (Å²) in [7, 11) is 0. The van der Waals surface area contributed by atoms with E-state index in [9.17, 15) is 0 Å². The largest absolute Gasteiger partial charge is 0.491 e. The van der Waals surface area contributed by atoms with E-state index in [0.29, 0.717) is 5.56 Å². The van der Waals surface area contributed by atoms with Crippen LogP contribution in [-0.4, -0.2) is 27.9 Å². The molecular weight excluding hydrogens is 338 g/mol. The van der Waals surface area contributed by atoms with Gasteiger partial charge in [0.25, 0.3) is 0 Å². The van der Waals surface area contributed by atoms with Crippen molar-refractivity contribution in [2.45, 2.75) is 0 Å². The topological polar surface area (TPSA) is 71.1 Å². The molecule has 0 radical (unpaired) electrons. The van der Waals surface area contributed by atoms with Crippen molar-refractivity contribution in [3.63, 3.8) is 0 Å². The molecule has 1 N–H and O–H groups in total. The summed E-state index contributed by atoms with van der Waals surface area (Å²) < 4.78 is 7.42. The highest BCUT2D eigenvalue weighted by atomic mass is 16.5. The second-order valence-corrected chi connectivity index (χ2v) is 6.07. The van der Waals surface area contributed by atoms with Crippen LogP contribution in [-0.2, 0) is 0 Å². The predicted molar refractivity (Wildman–Crippen MR) is 104 cm³/mol. The fourth-order valence-corrected chi connectivity index (χ4v) is 3.00. The number of ether oxygens (including phenoxy) is 1. The third-order valence-corrected chi connectivity index (χ3v) is 4.37. The van der Waals surface area contributed by atoms with Crippen molar-refractivity contribution < 1.29 is 9.84 Å². The minimum absolute atomic E-state index is 0.00448. The molecule has 0 saturated heterocycles. The summed E-state index contributed by atoms with van der Waals surface area (Å²) in [6.07, 6.45) is 1.80. The molecule has 0 spiro atoms. The standard InChI is InChI=1S/C22H17N3O2/c23-14-16-1-3-17(4-2-16)18-5-10-22-21(13-18)24-15-25(22)19-6-8-20(9-7-19)27-12-11-26/h1-10,13,15,26H,11-12H2. The number of aliphatic hydroxyl groups is 1. The molecule has 1 heterocycles. The molecule has 132 valence electrons. The number of aromatic nitrogens is 2. The zero-order chi connectivity index (χ0) is 18.6. The fourth-order valence-electron chi connectivity index (χ4n) is 3.00. The lowest BCUT2D eigenvalue weighted by Crippen LogP contribution is -2.01. The Kier molecular flexibility index (Phi) is 4.56. The fraction of sp³-hybridized carbons (Fsp3) is 0.0909. The molecule has 0 atom stereocenters. The quantitative estimate of drug-likeness (QED) is 0.589. The molecule has 27 heavy (non-hydrogen) atoms. The van der Waals surface area contributed by atoms with Gasteiger partial charge in [0.2, 0.25) is 0 Å². The SMILES string of the molecule is N#Cc1ccc(-c2ccc3c(c2)ncn3-c2ccc(OCCO)cc2)cc1. The van der Waals surface area contributed by atoms with E-state index in [-0.39, 0.29) is 13.2 Å². The van der Waals surface area contributed by atoms with Crippen LogP contribution in [0.1, 0.15) is 5.56 Å². The van der Waals surface area contributed by atoms with Gasteiger partial charge < -0.3 is 9.84 Å². The van der Waals surface area contributed by atoms with Crippen LogP contribution >= 0.6 is 0 Å². The van der Waals surface area contributed by atoms with Crippen LogP contribution in [0.25, 0.3) is 27.8 Å². The summed E-state index contributed by atoms with van der Waals surface area (Å²) in [5.74, 6) is 0.723. The number of benzene rings is 3. The average molecular weight is 355 g/mol. The van der Waals surface area contributed by atoms with Crippen LogP contribution in [0.2, 0.25) is 0 Å². The van der Waals surface area contributed by atoms with Gasteiger partial charge in [-0.2, -0.15) is 5.26 Å². The molecule has 4 rings (SSSR count). The lowest BCUT2D eigenvalue weighted by atomic mass is 10.0.